The third-order valence-electron chi connectivity index (χ3n) is 24.8. The summed E-state index contributed by atoms with van der Waals surface area (Å²) in [6.07, 6.45) is 62.8. The van der Waals surface area contributed by atoms with Gasteiger partial charge in [-0.3, -0.25) is 0 Å². The summed E-state index contributed by atoms with van der Waals surface area (Å²) >= 11 is 0. The van der Waals surface area contributed by atoms with Gasteiger partial charge >= 0.3 is 0 Å². The van der Waals surface area contributed by atoms with Crippen LogP contribution in [0.3, 0.4) is 0 Å². The largest absolute Gasteiger partial charge is 0.492 e. The zero-order valence-electron chi connectivity index (χ0n) is 80.3. The number of fused-ring (bicyclic) bond motifs is 12. The van der Waals surface area contributed by atoms with Crippen LogP contribution < -0.4 is 47.4 Å². The first-order chi connectivity index (χ1) is 61.3. The van der Waals surface area contributed by atoms with Crippen molar-refractivity contribution in [3.8, 4) is 81.2 Å². The van der Waals surface area contributed by atoms with Crippen LogP contribution in [-0.2, 0) is 0 Å². The Balaban J connectivity index is 1.37. The van der Waals surface area contributed by atoms with Crippen molar-refractivity contribution in [3.05, 3.63) is 83.9 Å². The van der Waals surface area contributed by atoms with Gasteiger partial charge in [0.15, 0.2) is 46.0 Å². The molecule has 0 fully saturated rings. The highest BCUT2D eigenvalue weighted by Crippen LogP contribution is 2.49. The molecule has 0 bridgehead atoms. The molecule has 8 aromatic carbocycles. The molecule has 0 saturated carbocycles. The second kappa shape index (κ2) is 63.4. The van der Waals surface area contributed by atoms with E-state index >= 15 is 0 Å². The molecule has 0 heterocycles. The fourth-order valence-corrected chi connectivity index (χ4v) is 17.2. The molecule has 0 unspecified atom stereocenters. The lowest BCUT2D eigenvalue weighted by molar-refractivity contribution is 0.259. The lowest BCUT2D eigenvalue weighted by atomic mass is 9.92. The lowest BCUT2D eigenvalue weighted by Gasteiger charge is -2.20. The van der Waals surface area contributed by atoms with E-state index in [9.17, 15) is 0 Å². The number of unbranched alkanes of at least 4 members (excludes halogenated alkanes) is 44. The number of benzene rings is 8. The second-order valence-corrected chi connectivity index (χ2v) is 35.7. The normalized spacial score (nSPS) is 11.5. The van der Waals surface area contributed by atoms with Crippen molar-refractivity contribution < 1.29 is 47.4 Å². The molecular formula is C114H170O10. The maximum absolute atomic E-state index is 7.04. The summed E-state index contributed by atoms with van der Waals surface area (Å²) < 4.78 is 69.9. The van der Waals surface area contributed by atoms with Crippen molar-refractivity contribution in [3.63, 3.8) is 0 Å². The first kappa shape index (κ1) is 102. The average molecular weight is 1700 g/mol. The molecule has 10 heteroatoms. The number of rotatable bonds is 74. The molecule has 0 saturated heterocycles. The Hall–Kier alpha value is -7.56. The SMILES string of the molecule is CCCCCCCCOc1cc2c3cc(C#CC#Cc4cc5c(cc4OCCCCC)c4cc(OCCCCCCCC)c(OCCCCCCCC)cc4c4cc(OCCCCCCCC)c(OCCCCCCCC)cc54)c(OCCCCC)cc3c3cc(OCCCCCCCC)c(OCCCCCCCC)cc3c2cc1OCCCCCCCC. The summed E-state index contributed by atoms with van der Waals surface area (Å²) in [6.45, 7) is 28.8. The van der Waals surface area contributed by atoms with Gasteiger partial charge in [0.2, 0.25) is 0 Å². The van der Waals surface area contributed by atoms with Gasteiger partial charge in [0.25, 0.3) is 0 Å². The minimum atomic E-state index is 0.557. The van der Waals surface area contributed by atoms with E-state index in [0.29, 0.717) is 66.1 Å². The van der Waals surface area contributed by atoms with Crippen LogP contribution in [-0.4, -0.2) is 66.1 Å². The van der Waals surface area contributed by atoms with Gasteiger partial charge in [-0.15, -0.1) is 0 Å². The molecule has 0 spiro atoms. The number of hydrogen-bond donors (Lipinski definition) is 0. The standard InChI is InChI=1S/C114H170O10/c1-11-21-31-39-47-59-71-117-107-83-97-93-79-91(105(115-69-57-29-19-9)81-95(93)99-85-109(119-73-61-49-41-33-23-13-3)113(123-77-65-53-45-37-27-17-7)89-103(99)101(97)87-111(107)121-75-63-51-43-35-25-15-5)67-55-56-68-92-80-94-96(82-106(92)116-70-58-30-20-10)100-86-110(120-74-62-50-42-34-24-14-4)114(124-78-66-54-46-38-28-18-8)90-104(100)102-88-112(122-76-64-52-44-36-26-16-6)108(84-98(94)102)118-72-60-48-40-32-22-12-2/h79-90H,11-54,57-66,69-78H2,1-10H3. The smallest absolute Gasteiger partial charge is 0.161 e. The van der Waals surface area contributed by atoms with E-state index in [1.54, 1.807) is 0 Å². The molecule has 124 heavy (non-hydrogen) atoms. The Labute approximate surface area is 754 Å². The van der Waals surface area contributed by atoms with Gasteiger partial charge in [0.05, 0.1) is 77.2 Å². The molecule has 0 aromatic heterocycles. The van der Waals surface area contributed by atoms with Crippen molar-refractivity contribution >= 4 is 64.6 Å². The third-order valence-corrected chi connectivity index (χ3v) is 24.8. The minimum Gasteiger partial charge on any atom is -0.492 e. The molecule has 0 N–H and O–H groups in total. The first-order valence-electron chi connectivity index (χ1n) is 51.7. The zero-order valence-corrected chi connectivity index (χ0v) is 80.3. The quantitative estimate of drug-likeness (QED) is 0.0208. The molecule has 8 aromatic rings. The van der Waals surface area contributed by atoms with Crippen LogP contribution in [0.4, 0.5) is 0 Å². The predicted octanol–water partition coefficient (Wildman–Crippen LogP) is 35.1. The van der Waals surface area contributed by atoms with E-state index in [1.807, 2.05) is 0 Å². The van der Waals surface area contributed by atoms with Crippen LogP contribution in [0, 0.1) is 23.7 Å². The van der Waals surface area contributed by atoms with Crippen molar-refractivity contribution in [2.24, 2.45) is 0 Å². The number of ether oxygens (including phenoxy) is 10. The molecule has 8 rings (SSSR count). The van der Waals surface area contributed by atoms with Gasteiger partial charge in [0, 0.05) is 0 Å². The Kier molecular flexibility index (Phi) is 52.1. The Morgan fingerprint density at radius 3 is 0.411 bits per heavy atom. The van der Waals surface area contributed by atoms with Crippen LogP contribution >= 0.6 is 0 Å². The Morgan fingerprint density at radius 2 is 0.250 bits per heavy atom. The molecule has 0 aliphatic carbocycles. The highest BCUT2D eigenvalue weighted by atomic mass is 16.5. The van der Waals surface area contributed by atoms with E-state index in [4.69, 9.17) is 47.4 Å². The summed E-state index contributed by atoms with van der Waals surface area (Å²) in [5.41, 5.74) is 1.55. The van der Waals surface area contributed by atoms with Gasteiger partial charge in [-0.1, -0.05) is 352 Å². The molecule has 0 radical (unpaired) electrons. The van der Waals surface area contributed by atoms with Gasteiger partial charge in [-0.25, -0.2) is 0 Å². The maximum atomic E-state index is 7.04. The highest BCUT2D eigenvalue weighted by Gasteiger charge is 2.24. The van der Waals surface area contributed by atoms with Crippen LogP contribution in [0.15, 0.2) is 72.8 Å². The lowest BCUT2D eigenvalue weighted by Crippen LogP contribution is -2.04. The summed E-state index contributed by atoms with van der Waals surface area (Å²) in [6, 6.07) is 27.2. The summed E-state index contributed by atoms with van der Waals surface area (Å²) in [5.74, 6) is 22.0. The maximum Gasteiger partial charge on any atom is 0.161 e. The van der Waals surface area contributed by atoms with Crippen molar-refractivity contribution in [2.75, 3.05) is 66.1 Å². The van der Waals surface area contributed by atoms with Crippen LogP contribution in [0.1, 0.15) is 427 Å². The van der Waals surface area contributed by atoms with Crippen LogP contribution in [0.25, 0.3) is 64.6 Å². The molecule has 0 aliphatic rings. The topological polar surface area (TPSA) is 92.3 Å². The van der Waals surface area contributed by atoms with Crippen LogP contribution in [0.2, 0.25) is 0 Å². The van der Waals surface area contributed by atoms with Crippen LogP contribution in [0.5, 0.6) is 57.5 Å². The predicted molar refractivity (Wildman–Crippen MR) is 533 cm³/mol. The van der Waals surface area contributed by atoms with E-state index in [2.05, 4.69) is 166 Å². The summed E-state index contributed by atoms with van der Waals surface area (Å²) in [5, 5.41) is 12.8. The molecule has 686 valence electrons. The fourth-order valence-electron chi connectivity index (χ4n) is 17.2. The Bertz CT molecular complexity index is 4110. The summed E-state index contributed by atoms with van der Waals surface area (Å²) in [7, 11) is 0. The number of hydrogen-bond acceptors (Lipinski definition) is 10. The monoisotopic (exact) mass is 1700 g/mol. The molecular weight excluding hydrogens is 1530 g/mol. The minimum absolute atomic E-state index is 0.557. The molecule has 0 amide bonds. The van der Waals surface area contributed by atoms with Crippen molar-refractivity contribution in [1.29, 1.82) is 0 Å². The molecule has 0 aliphatic heterocycles. The van der Waals surface area contributed by atoms with Gasteiger partial charge in [-0.2, -0.15) is 0 Å². The van der Waals surface area contributed by atoms with E-state index in [-0.39, 0.29) is 0 Å². The summed E-state index contributed by atoms with van der Waals surface area (Å²) in [4.78, 5) is 0. The van der Waals surface area contributed by atoms with Gasteiger partial charge in [0.1, 0.15) is 11.5 Å². The fraction of sp³-hybridized carbons (Fsp3) is 0.649. The first-order valence-corrected chi connectivity index (χ1v) is 51.7. The van der Waals surface area contributed by atoms with Gasteiger partial charge < -0.3 is 47.4 Å². The van der Waals surface area contributed by atoms with Crippen molar-refractivity contribution in [2.45, 2.75) is 416 Å². The molecule has 10 nitrogen and oxygen atoms in total. The van der Waals surface area contributed by atoms with E-state index in [0.717, 1.165) is 275 Å². The van der Waals surface area contributed by atoms with E-state index in [1.165, 1.54) is 205 Å². The second-order valence-electron chi connectivity index (χ2n) is 35.7. The highest BCUT2D eigenvalue weighted by molar-refractivity contribution is 6.28. The Morgan fingerprint density at radius 1 is 0.137 bits per heavy atom. The van der Waals surface area contributed by atoms with E-state index < -0.39 is 0 Å². The van der Waals surface area contributed by atoms with Crippen molar-refractivity contribution in [1.82, 2.24) is 0 Å². The van der Waals surface area contributed by atoms with Gasteiger partial charge in [-0.05, 0) is 225 Å². The third kappa shape index (κ3) is 35.6. The average Bonchev–Trinajstić information content (AvgIpc) is 0.731. The zero-order chi connectivity index (χ0) is 87.5. The molecule has 0 atom stereocenters.